The van der Waals surface area contributed by atoms with Gasteiger partial charge in [-0.3, -0.25) is 4.98 Å². The Hall–Kier alpha value is -2.03. The molecule has 0 radical (unpaired) electrons. The molecule has 1 aromatic carbocycles. The van der Waals surface area contributed by atoms with Gasteiger partial charge in [-0.1, -0.05) is 18.3 Å². The highest BCUT2D eigenvalue weighted by Crippen LogP contribution is 2.19. The van der Waals surface area contributed by atoms with Crippen molar-refractivity contribution in [1.82, 2.24) is 4.98 Å². The van der Waals surface area contributed by atoms with E-state index >= 15 is 0 Å². The van der Waals surface area contributed by atoms with Crippen molar-refractivity contribution >= 4 is 38.6 Å². The van der Waals surface area contributed by atoms with Crippen molar-refractivity contribution in [2.45, 2.75) is 4.90 Å². The summed E-state index contributed by atoms with van der Waals surface area (Å²) in [4.78, 5) is 4.33. The van der Waals surface area contributed by atoms with Gasteiger partial charge in [0.05, 0.1) is 22.5 Å². The van der Waals surface area contributed by atoms with E-state index in [0.717, 1.165) is 0 Å². The second-order valence-electron chi connectivity index (χ2n) is 3.99. The Balaban J connectivity index is 2.24. The molecule has 2 aromatic rings. The average Bonchev–Trinajstić information content (AvgIpc) is 2.38. The summed E-state index contributed by atoms with van der Waals surface area (Å²) in [6.45, 7) is 0. The molecule has 0 aliphatic carbocycles. The lowest BCUT2D eigenvalue weighted by atomic mass is 10.3. The molecule has 0 saturated carbocycles. The first-order chi connectivity index (χ1) is 9.36. The molecule has 0 atom stereocenters. The number of rotatable bonds is 4. The number of aromatic nitrogens is 1. The summed E-state index contributed by atoms with van der Waals surface area (Å²) < 4.78 is 22.5. The van der Waals surface area contributed by atoms with Crippen LogP contribution in [0.3, 0.4) is 0 Å². The fourth-order valence-electron chi connectivity index (χ4n) is 1.53. The maximum absolute atomic E-state index is 11.3. The number of anilines is 2. The van der Waals surface area contributed by atoms with E-state index in [2.05, 4.69) is 10.3 Å². The molecule has 0 aliphatic rings. The first-order valence-corrected chi connectivity index (χ1v) is 7.47. The smallest absolute Gasteiger partial charge is 0.238 e. The van der Waals surface area contributed by atoms with E-state index in [-0.39, 0.29) is 9.88 Å². The van der Waals surface area contributed by atoms with E-state index < -0.39 is 10.0 Å². The lowest BCUT2D eigenvalue weighted by molar-refractivity contribution is 0.598. The van der Waals surface area contributed by atoms with Gasteiger partial charge < -0.3 is 11.1 Å². The minimum Gasteiger partial charge on any atom is -0.388 e. The van der Waals surface area contributed by atoms with Crippen LogP contribution in [0, 0.1) is 0 Å². The first kappa shape index (κ1) is 14.4. The van der Waals surface area contributed by atoms with Gasteiger partial charge in [0.1, 0.15) is 4.99 Å². The van der Waals surface area contributed by atoms with Crippen LogP contribution in [0.15, 0.2) is 47.5 Å². The summed E-state index contributed by atoms with van der Waals surface area (Å²) in [6.07, 6.45) is 1.55. The minimum absolute atomic E-state index is 0.0372. The Morgan fingerprint density at radius 1 is 1.20 bits per heavy atom. The molecule has 0 unspecified atom stereocenters. The summed E-state index contributed by atoms with van der Waals surface area (Å²) >= 11 is 4.81. The van der Waals surface area contributed by atoms with Crippen LogP contribution in [0.25, 0.3) is 0 Å². The summed E-state index contributed by atoms with van der Waals surface area (Å²) in [5.74, 6) is 0. The number of hydrogen-bond donors (Lipinski definition) is 3. The van der Waals surface area contributed by atoms with Crippen molar-refractivity contribution in [1.29, 1.82) is 0 Å². The lowest BCUT2D eigenvalue weighted by Crippen LogP contribution is -2.12. The van der Waals surface area contributed by atoms with Crippen LogP contribution in [0.1, 0.15) is 5.69 Å². The minimum atomic E-state index is -3.72. The third-order valence-corrected chi connectivity index (χ3v) is 3.59. The number of nitrogens with one attached hydrogen (secondary N) is 1. The topological polar surface area (TPSA) is 111 Å². The van der Waals surface area contributed by atoms with Crippen LogP contribution in [-0.4, -0.2) is 18.4 Å². The van der Waals surface area contributed by atoms with Crippen LogP contribution in [0.5, 0.6) is 0 Å². The molecule has 0 aliphatic heterocycles. The van der Waals surface area contributed by atoms with Crippen molar-refractivity contribution in [3.63, 3.8) is 0 Å². The largest absolute Gasteiger partial charge is 0.388 e. The van der Waals surface area contributed by atoms with Crippen LogP contribution in [0.4, 0.5) is 11.4 Å². The van der Waals surface area contributed by atoms with Crippen molar-refractivity contribution in [2.75, 3.05) is 5.32 Å². The quantitative estimate of drug-likeness (QED) is 0.730. The number of thiocarbonyl (C=S) groups is 1. The third-order valence-electron chi connectivity index (χ3n) is 2.47. The number of nitrogens with zero attached hydrogens (tertiary/aromatic N) is 1. The van der Waals surface area contributed by atoms with E-state index in [9.17, 15) is 8.42 Å². The molecular formula is C12H12N4O2S2. The summed E-state index contributed by atoms with van der Waals surface area (Å²) in [5, 5.41) is 8.09. The van der Waals surface area contributed by atoms with Crippen LogP contribution in [-0.2, 0) is 10.0 Å². The van der Waals surface area contributed by atoms with Crippen molar-refractivity contribution in [3.8, 4) is 0 Å². The van der Waals surface area contributed by atoms with Gasteiger partial charge in [0.15, 0.2) is 0 Å². The second-order valence-corrected chi connectivity index (χ2v) is 6.00. The number of nitrogens with two attached hydrogens (primary N) is 2. The van der Waals surface area contributed by atoms with Gasteiger partial charge in [0, 0.05) is 5.69 Å². The Bertz CT molecular complexity index is 742. The van der Waals surface area contributed by atoms with E-state index in [0.29, 0.717) is 17.1 Å². The highest BCUT2D eigenvalue weighted by atomic mass is 32.2. The first-order valence-electron chi connectivity index (χ1n) is 5.52. The van der Waals surface area contributed by atoms with Crippen LogP contribution in [0.2, 0.25) is 0 Å². The number of sulfonamides is 1. The normalized spacial score (nSPS) is 11.1. The summed E-state index contributed by atoms with van der Waals surface area (Å²) in [6, 6.07) is 9.60. The number of pyridine rings is 1. The summed E-state index contributed by atoms with van der Waals surface area (Å²) in [5.41, 5.74) is 7.23. The Kier molecular flexibility index (Phi) is 3.98. The van der Waals surface area contributed by atoms with Gasteiger partial charge >= 0.3 is 0 Å². The molecule has 0 saturated heterocycles. The molecule has 0 fully saturated rings. The average molecular weight is 308 g/mol. The molecule has 8 heteroatoms. The molecule has 0 amide bonds. The highest BCUT2D eigenvalue weighted by Gasteiger charge is 2.08. The molecule has 5 N–H and O–H groups in total. The molecule has 6 nitrogen and oxygen atoms in total. The van der Waals surface area contributed by atoms with Crippen LogP contribution >= 0.6 is 12.2 Å². The summed E-state index contributed by atoms with van der Waals surface area (Å²) in [7, 11) is -3.72. The van der Waals surface area contributed by atoms with E-state index in [1.54, 1.807) is 30.5 Å². The number of primary sulfonamides is 1. The molecule has 20 heavy (non-hydrogen) atoms. The zero-order valence-corrected chi connectivity index (χ0v) is 11.9. The van der Waals surface area contributed by atoms with Gasteiger partial charge in [-0.15, -0.1) is 0 Å². The maximum Gasteiger partial charge on any atom is 0.238 e. The molecule has 1 aromatic heterocycles. The fraction of sp³-hybridized carbons (Fsp3) is 0. The number of hydrogen-bond acceptors (Lipinski definition) is 5. The third kappa shape index (κ3) is 3.50. The van der Waals surface area contributed by atoms with E-state index in [4.69, 9.17) is 23.1 Å². The Morgan fingerprint density at radius 2 is 1.95 bits per heavy atom. The van der Waals surface area contributed by atoms with E-state index in [1.807, 2.05) is 0 Å². The maximum atomic E-state index is 11.3. The predicted octanol–water partition coefficient (Wildman–Crippen LogP) is 1.11. The second kappa shape index (κ2) is 5.53. The Labute approximate surface area is 121 Å². The standard InChI is InChI=1S/C12H12N4O2S2/c13-12(19)11-5-4-9(7-15-11)16-8-2-1-3-10(6-8)20(14,17)18/h1-7,16H,(H2,13,19)(H2,14,17,18). The zero-order chi connectivity index (χ0) is 14.8. The SMILES string of the molecule is NC(=S)c1ccc(Nc2cccc(S(N)(=O)=O)c2)cn1. The van der Waals surface area contributed by atoms with Crippen molar-refractivity contribution < 1.29 is 8.42 Å². The van der Waals surface area contributed by atoms with Gasteiger partial charge in [0.25, 0.3) is 0 Å². The lowest BCUT2D eigenvalue weighted by Gasteiger charge is -2.08. The Morgan fingerprint density at radius 3 is 2.50 bits per heavy atom. The molecule has 0 bridgehead atoms. The van der Waals surface area contributed by atoms with E-state index in [1.165, 1.54) is 12.1 Å². The molecule has 0 spiro atoms. The monoisotopic (exact) mass is 308 g/mol. The highest BCUT2D eigenvalue weighted by molar-refractivity contribution is 7.89. The number of benzene rings is 1. The van der Waals surface area contributed by atoms with Crippen LogP contribution < -0.4 is 16.2 Å². The molecule has 104 valence electrons. The molecular weight excluding hydrogens is 296 g/mol. The van der Waals surface area contributed by atoms with Crippen molar-refractivity contribution in [2.24, 2.45) is 10.9 Å². The fourth-order valence-corrected chi connectivity index (χ4v) is 2.21. The van der Waals surface area contributed by atoms with Gasteiger partial charge in [-0.2, -0.15) is 0 Å². The van der Waals surface area contributed by atoms with Gasteiger partial charge in [-0.25, -0.2) is 13.6 Å². The van der Waals surface area contributed by atoms with Gasteiger partial charge in [-0.05, 0) is 30.3 Å². The van der Waals surface area contributed by atoms with Crippen molar-refractivity contribution in [3.05, 3.63) is 48.3 Å². The molecule has 2 rings (SSSR count). The molecule has 1 heterocycles. The predicted molar refractivity (Wildman–Crippen MR) is 81.2 cm³/mol. The van der Waals surface area contributed by atoms with Gasteiger partial charge in [0.2, 0.25) is 10.0 Å². The zero-order valence-electron chi connectivity index (χ0n) is 10.3.